The normalized spacial score (nSPS) is 12.6. The minimum Gasteiger partial charge on any atom is -0.352 e. The van der Waals surface area contributed by atoms with Crippen molar-refractivity contribution in [1.82, 2.24) is 10.2 Å². The summed E-state index contributed by atoms with van der Waals surface area (Å²) in [6, 6.07) is 32.9. The van der Waals surface area contributed by atoms with Gasteiger partial charge in [0.1, 0.15) is 12.6 Å². The summed E-state index contributed by atoms with van der Waals surface area (Å²) in [5, 5.41) is 3.06. The maximum atomic E-state index is 14.5. The van der Waals surface area contributed by atoms with Crippen LogP contribution in [0.2, 0.25) is 0 Å². The molecule has 0 heterocycles. The van der Waals surface area contributed by atoms with E-state index in [4.69, 9.17) is 0 Å². The summed E-state index contributed by atoms with van der Waals surface area (Å²) in [7, 11) is -4.11. The highest BCUT2D eigenvalue weighted by atomic mass is 32.2. The number of hydrogen-bond acceptors (Lipinski definition) is 4. The predicted molar refractivity (Wildman–Crippen MR) is 171 cm³/mol. The lowest BCUT2D eigenvalue weighted by Crippen LogP contribution is -2.54. The van der Waals surface area contributed by atoms with Gasteiger partial charge >= 0.3 is 0 Å². The second kappa shape index (κ2) is 14.6. The number of nitrogens with one attached hydrogen (secondary N) is 1. The fourth-order valence-electron chi connectivity index (χ4n) is 4.81. The van der Waals surface area contributed by atoms with Crippen LogP contribution < -0.4 is 9.62 Å². The van der Waals surface area contributed by atoms with Crippen LogP contribution in [0.1, 0.15) is 37.0 Å². The van der Waals surface area contributed by atoms with Gasteiger partial charge < -0.3 is 10.2 Å². The highest BCUT2D eigenvalue weighted by Crippen LogP contribution is 2.25. The Morgan fingerprint density at radius 1 is 0.791 bits per heavy atom. The zero-order chi connectivity index (χ0) is 30.8. The molecule has 2 atom stereocenters. The Hall–Kier alpha value is -4.43. The summed E-state index contributed by atoms with van der Waals surface area (Å²) in [6.45, 7) is 5.54. The first kappa shape index (κ1) is 31.5. The number of para-hydroxylation sites is 1. The van der Waals surface area contributed by atoms with Crippen molar-refractivity contribution < 1.29 is 18.0 Å². The van der Waals surface area contributed by atoms with E-state index < -0.39 is 28.5 Å². The molecule has 0 saturated heterocycles. The topological polar surface area (TPSA) is 86.8 Å². The van der Waals surface area contributed by atoms with E-state index in [1.165, 1.54) is 17.0 Å². The first-order valence-electron chi connectivity index (χ1n) is 14.5. The lowest BCUT2D eigenvalue weighted by atomic mass is 10.0. The van der Waals surface area contributed by atoms with Crippen molar-refractivity contribution in [3.63, 3.8) is 0 Å². The molecule has 4 aromatic carbocycles. The van der Waals surface area contributed by atoms with Gasteiger partial charge in [-0.1, -0.05) is 97.9 Å². The molecule has 1 N–H and O–H groups in total. The number of nitrogens with zero attached hydrogens (tertiary/aromatic N) is 2. The number of benzene rings is 4. The van der Waals surface area contributed by atoms with Crippen LogP contribution in [-0.4, -0.2) is 43.8 Å². The van der Waals surface area contributed by atoms with Crippen molar-refractivity contribution in [2.24, 2.45) is 0 Å². The van der Waals surface area contributed by atoms with E-state index in [2.05, 4.69) is 5.32 Å². The highest BCUT2D eigenvalue weighted by Gasteiger charge is 2.35. The summed E-state index contributed by atoms with van der Waals surface area (Å²) >= 11 is 0. The zero-order valence-corrected chi connectivity index (χ0v) is 25.7. The molecule has 4 aromatic rings. The number of amides is 2. The molecule has 0 fully saturated rings. The molecule has 2 amide bonds. The number of carbonyl (C=O) groups excluding carboxylic acids is 2. The van der Waals surface area contributed by atoms with Gasteiger partial charge in [0.05, 0.1) is 10.6 Å². The van der Waals surface area contributed by atoms with Gasteiger partial charge in [0.2, 0.25) is 11.8 Å². The number of aryl methyl sites for hydroxylation is 1. The average molecular weight is 598 g/mol. The molecule has 0 radical (unpaired) electrons. The molecule has 0 aliphatic carbocycles. The minimum absolute atomic E-state index is 0.0763. The third-order valence-corrected chi connectivity index (χ3v) is 9.32. The Morgan fingerprint density at radius 2 is 1.35 bits per heavy atom. The van der Waals surface area contributed by atoms with Gasteiger partial charge in [-0.25, -0.2) is 8.42 Å². The quantitative estimate of drug-likeness (QED) is 0.213. The number of carbonyl (C=O) groups is 2. The molecule has 0 aliphatic heterocycles. The van der Waals surface area contributed by atoms with E-state index in [1.54, 1.807) is 48.5 Å². The van der Waals surface area contributed by atoms with Gasteiger partial charge in [0, 0.05) is 19.0 Å². The molecule has 7 nitrogen and oxygen atoms in total. The fourth-order valence-corrected chi connectivity index (χ4v) is 6.24. The largest absolute Gasteiger partial charge is 0.352 e. The van der Waals surface area contributed by atoms with Crippen molar-refractivity contribution >= 4 is 27.5 Å². The van der Waals surface area contributed by atoms with Gasteiger partial charge in [0.25, 0.3) is 10.0 Å². The second-order valence-corrected chi connectivity index (χ2v) is 12.5. The van der Waals surface area contributed by atoms with Crippen molar-refractivity contribution in [3.8, 4) is 0 Å². The van der Waals surface area contributed by atoms with E-state index in [9.17, 15) is 18.0 Å². The molecule has 43 heavy (non-hydrogen) atoms. The van der Waals surface area contributed by atoms with Crippen LogP contribution in [0.25, 0.3) is 0 Å². The fraction of sp³-hybridized carbons (Fsp3) is 0.257. The molecule has 8 heteroatoms. The predicted octanol–water partition coefficient (Wildman–Crippen LogP) is 5.75. The highest BCUT2D eigenvalue weighted by molar-refractivity contribution is 7.92. The number of anilines is 1. The lowest BCUT2D eigenvalue weighted by Gasteiger charge is -2.34. The summed E-state index contributed by atoms with van der Waals surface area (Å²) < 4.78 is 29.0. The SMILES string of the molecule is CC[C@@H](C)NC(=O)[C@@H](Cc1ccccc1)N(Cc1ccccc1C)C(=O)CN(c1ccccc1)S(=O)(=O)c1ccccc1. The molecule has 0 unspecified atom stereocenters. The summed E-state index contributed by atoms with van der Waals surface area (Å²) in [5.74, 6) is -0.760. The van der Waals surface area contributed by atoms with Crippen LogP contribution in [0.5, 0.6) is 0 Å². The van der Waals surface area contributed by atoms with Crippen LogP contribution in [0.3, 0.4) is 0 Å². The smallest absolute Gasteiger partial charge is 0.264 e. The summed E-state index contributed by atoms with van der Waals surface area (Å²) in [6.07, 6.45) is 1.00. The third-order valence-electron chi connectivity index (χ3n) is 7.53. The van der Waals surface area contributed by atoms with Crippen LogP contribution in [0.15, 0.2) is 120 Å². The molecule has 0 saturated carbocycles. The number of rotatable bonds is 13. The van der Waals surface area contributed by atoms with Crippen molar-refractivity contribution in [2.75, 3.05) is 10.8 Å². The summed E-state index contributed by atoms with van der Waals surface area (Å²) in [4.78, 5) is 29.9. The molecule has 4 rings (SSSR count). The van der Waals surface area contributed by atoms with Crippen molar-refractivity contribution in [2.45, 2.75) is 57.1 Å². The lowest BCUT2D eigenvalue weighted by molar-refractivity contribution is -0.140. The number of hydrogen-bond donors (Lipinski definition) is 1. The van der Waals surface area contributed by atoms with Crippen LogP contribution in [0.4, 0.5) is 5.69 Å². The molecule has 0 bridgehead atoms. The minimum atomic E-state index is -4.11. The Morgan fingerprint density at radius 3 is 1.95 bits per heavy atom. The summed E-state index contributed by atoms with van der Waals surface area (Å²) in [5.41, 5.74) is 3.10. The molecular weight excluding hydrogens is 558 g/mol. The van der Waals surface area contributed by atoms with Gasteiger partial charge in [-0.05, 0) is 61.2 Å². The van der Waals surface area contributed by atoms with E-state index in [0.29, 0.717) is 5.69 Å². The van der Waals surface area contributed by atoms with Crippen LogP contribution >= 0.6 is 0 Å². The second-order valence-electron chi connectivity index (χ2n) is 10.6. The van der Waals surface area contributed by atoms with Crippen LogP contribution in [-0.2, 0) is 32.6 Å². The first-order chi connectivity index (χ1) is 20.7. The molecule has 224 valence electrons. The molecule has 0 aromatic heterocycles. The van der Waals surface area contributed by atoms with E-state index in [0.717, 1.165) is 27.4 Å². The molecule has 0 aliphatic rings. The Kier molecular flexibility index (Phi) is 10.7. The van der Waals surface area contributed by atoms with E-state index in [1.807, 2.05) is 75.4 Å². The Balaban J connectivity index is 1.79. The van der Waals surface area contributed by atoms with Gasteiger partial charge in [-0.3, -0.25) is 13.9 Å². The monoisotopic (exact) mass is 597 g/mol. The first-order valence-corrected chi connectivity index (χ1v) is 16.0. The van der Waals surface area contributed by atoms with Crippen molar-refractivity contribution in [3.05, 3.63) is 132 Å². The van der Waals surface area contributed by atoms with Gasteiger partial charge in [0.15, 0.2) is 0 Å². The Bertz CT molecular complexity index is 1600. The van der Waals surface area contributed by atoms with Gasteiger partial charge in [-0.15, -0.1) is 0 Å². The number of sulfonamides is 1. The van der Waals surface area contributed by atoms with E-state index >= 15 is 0 Å². The van der Waals surface area contributed by atoms with Crippen molar-refractivity contribution in [1.29, 1.82) is 0 Å². The maximum Gasteiger partial charge on any atom is 0.264 e. The molecular formula is C35H39N3O4S. The Labute approximate surface area is 255 Å². The molecule has 0 spiro atoms. The average Bonchev–Trinajstić information content (AvgIpc) is 3.03. The standard InChI is InChI=1S/C35H39N3O4S/c1-4-28(3)36-35(40)33(24-29-17-8-5-9-18-29)37(25-30-19-15-14-16-27(30)2)34(39)26-38(31-20-10-6-11-21-31)43(41,42)32-22-12-7-13-23-32/h5-23,28,33H,4,24-26H2,1-3H3,(H,36,40)/t28-,33-/m1/s1. The van der Waals surface area contributed by atoms with Crippen LogP contribution in [0, 0.1) is 6.92 Å². The third kappa shape index (κ3) is 8.11. The van der Waals surface area contributed by atoms with E-state index in [-0.39, 0.29) is 29.8 Å². The maximum absolute atomic E-state index is 14.5. The zero-order valence-electron chi connectivity index (χ0n) is 24.9. The van der Waals surface area contributed by atoms with Gasteiger partial charge in [-0.2, -0.15) is 0 Å².